The van der Waals surface area contributed by atoms with Gasteiger partial charge in [-0.05, 0) is 51.8 Å². The number of halogens is 6. The van der Waals surface area contributed by atoms with Gasteiger partial charge in [0.25, 0.3) is 0 Å². The normalized spacial score (nSPS) is 11.5. The molecule has 112 valence electrons. The van der Waals surface area contributed by atoms with Crippen molar-refractivity contribution in [3.8, 4) is 0 Å². The monoisotopic (exact) mass is 365 g/mol. The Labute approximate surface area is 125 Å². The molecule has 2 rings (SSSR count). The third kappa shape index (κ3) is 3.93. The van der Waals surface area contributed by atoms with Crippen LogP contribution in [0.2, 0.25) is 0 Å². The lowest BCUT2D eigenvalue weighted by molar-refractivity contribution is -0.140. The molecule has 0 aliphatic heterocycles. The lowest BCUT2D eigenvalue weighted by Gasteiger charge is -2.12. The Balaban J connectivity index is 2.17. The third-order valence-electron chi connectivity index (χ3n) is 2.75. The molecule has 7 heteroatoms. The molecule has 21 heavy (non-hydrogen) atoms. The number of rotatable bonds is 3. The van der Waals surface area contributed by atoms with Gasteiger partial charge in [-0.15, -0.1) is 0 Å². The van der Waals surface area contributed by atoms with Crippen molar-refractivity contribution in [2.45, 2.75) is 12.7 Å². The maximum Gasteiger partial charge on any atom is 0.419 e. The molecule has 0 bridgehead atoms. The average Bonchev–Trinajstić information content (AvgIpc) is 2.38. The fourth-order valence-corrected chi connectivity index (χ4v) is 2.22. The Morgan fingerprint density at radius 2 is 1.71 bits per heavy atom. The maximum atomic E-state index is 13.1. The van der Waals surface area contributed by atoms with Gasteiger partial charge in [0.15, 0.2) is 0 Å². The topological polar surface area (TPSA) is 12.0 Å². The van der Waals surface area contributed by atoms with Gasteiger partial charge in [-0.25, -0.2) is 8.78 Å². The molecule has 0 aliphatic carbocycles. The summed E-state index contributed by atoms with van der Waals surface area (Å²) in [5.74, 6) is -1.75. The number of hydrogen-bond acceptors (Lipinski definition) is 1. The van der Waals surface area contributed by atoms with Gasteiger partial charge in [-0.3, -0.25) is 0 Å². The largest absolute Gasteiger partial charge is 0.419 e. The van der Waals surface area contributed by atoms with Crippen LogP contribution in [0.5, 0.6) is 0 Å². The summed E-state index contributed by atoms with van der Waals surface area (Å²) >= 11 is 3.14. The highest BCUT2D eigenvalue weighted by Crippen LogP contribution is 2.32. The minimum atomic E-state index is -4.74. The van der Waals surface area contributed by atoms with E-state index in [1.54, 1.807) is 0 Å². The van der Waals surface area contributed by atoms with Gasteiger partial charge in [0.05, 0.1) is 5.56 Å². The molecule has 0 fully saturated rings. The lowest BCUT2D eigenvalue weighted by Crippen LogP contribution is -2.10. The van der Waals surface area contributed by atoms with Gasteiger partial charge in [0.1, 0.15) is 11.6 Å². The first-order valence-electron chi connectivity index (χ1n) is 5.82. The summed E-state index contributed by atoms with van der Waals surface area (Å²) in [7, 11) is 0. The van der Waals surface area contributed by atoms with E-state index in [0.29, 0.717) is 10.2 Å². The van der Waals surface area contributed by atoms with Gasteiger partial charge < -0.3 is 5.32 Å². The van der Waals surface area contributed by atoms with Gasteiger partial charge in [0, 0.05) is 16.7 Å². The first-order valence-corrected chi connectivity index (χ1v) is 6.61. The molecule has 0 aromatic heterocycles. The molecule has 0 radical (unpaired) electrons. The second-order valence-corrected chi connectivity index (χ2v) is 5.14. The summed E-state index contributed by atoms with van der Waals surface area (Å²) in [5, 5.41) is 2.85. The van der Waals surface area contributed by atoms with E-state index in [0.717, 1.165) is 12.1 Å². The highest BCUT2D eigenvalue weighted by molar-refractivity contribution is 9.10. The van der Waals surface area contributed by atoms with Crippen molar-refractivity contribution in [1.82, 2.24) is 0 Å². The van der Waals surface area contributed by atoms with Crippen LogP contribution in [0.25, 0.3) is 0 Å². The van der Waals surface area contributed by atoms with E-state index in [1.807, 2.05) is 0 Å². The van der Waals surface area contributed by atoms with Crippen molar-refractivity contribution in [3.05, 3.63) is 63.6 Å². The first kappa shape index (κ1) is 15.8. The number of anilines is 1. The van der Waals surface area contributed by atoms with E-state index < -0.39 is 23.4 Å². The highest BCUT2D eigenvalue weighted by atomic mass is 79.9. The zero-order chi connectivity index (χ0) is 15.6. The molecule has 0 aliphatic rings. The van der Waals surface area contributed by atoms with Gasteiger partial charge in [0.2, 0.25) is 0 Å². The highest BCUT2D eigenvalue weighted by Gasteiger charge is 2.34. The van der Waals surface area contributed by atoms with E-state index in [4.69, 9.17) is 0 Å². The smallest absolute Gasteiger partial charge is 0.380 e. The van der Waals surface area contributed by atoms with Crippen LogP contribution in [0.4, 0.5) is 27.6 Å². The summed E-state index contributed by atoms with van der Waals surface area (Å²) in [6.45, 7) is 0.0492. The van der Waals surface area contributed by atoms with E-state index in [2.05, 4.69) is 21.2 Å². The van der Waals surface area contributed by atoms with Crippen molar-refractivity contribution >= 4 is 21.6 Å². The zero-order valence-electron chi connectivity index (χ0n) is 10.4. The van der Waals surface area contributed by atoms with Crippen LogP contribution in [0, 0.1) is 11.6 Å². The Kier molecular flexibility index (Phi) is 4.51. The van der Waals surface area contributed by atoms with Crippen molar-refractivity contribution in [1.29, 1.82) is 0 Å². The molecule has 1 nitrogen and oxygen atoms in total. The van der Waals surface area contributed by atoms with E-state index in [-0.39, 0.29) is 12.1 Å². The summed E-state index contributed by atoms with van der Waals surface area (Å²) in [5.41, 5.74) is -0.519. The zero-order valence-corrected chi connectivity index (χ0v) is 12.0. The molecular formula is C14H9BrF5N. The maximum absolute atomic E-state index is 13.1. The number of benzene rings is 2. The predicted molar refractivity (Wildman–Crippen MR) is 72.8 cm³/mol. The SMILES string of the molecule is Fc1ccc(NCc2ccc(F)c(C(F)(F)F)c2)c(Br)c1. The van der Waals surface area contributed by atoms with Crippen LogP contribution in [-0.2, 0) is 12.7 Å². The predicted octanol–water partition coefficient (Wildman–Crippen LogP) is 5.36. The van der Waals surface area contributed by atoms with Crippen molar-refractivity contribution in [2.75, 3.05) is 5.32 Å². The van der Waals surface area contributed by atoms with Gasteiger partial charge >= 0.3 is 6.18 Å². The Morgan fingerprint density at radius 3 is 2.33 bits per heavy atom. The summed E-state index contributed by atoms with van der Waals surface area (Å²) < 4.78 is 64.3. The number of nitrogens with one attached hydrogen (secondary N) is 1. The second kappa shape index (κ2) is 6.01. The fraction of sp³-hybridized carbons (Fsp3) is 0.143. The third-order valence-corrected chi connectivity index (χ3v) is 3.41. The fourth-order valence-electron chi connectivity index (χ4n) is 1.73. The Bertz CT molecular complexity index is 654. The number of alkyl halides is 3. The minimum Gasteiger partial charge on any atom is -0.380 e. The number of hydrogen-bond donors (Lipinski definition) is 1. The van der Waals surface area contributed by atoms with E-state index >= 15 is 0 Å². The summed E-state index contributed by atoms with van der Waals surface area (Å²) in [4.78, 5) is 0. The molecule has 0 saturated heterocycles. The van der Waals surface area contributed by atoms with Crippen LogP contribution in [0.1, 0.15) is 11.1 Å². The molecule has 0 amide bonds. The Morgan fingerprint density at radius 1 is 1.00 bits per heavy atom. The molecule has 1 N–H and O–H groups in total. The summed E-state index contributed by atoms with van der Waals surface area (Å²) in [6.07, 6.45) is -4.74. The first-order chi connectivity index (χ1) is 9.77. The van der Waals surface area contributed by atoms with Crippen LogP contribution in [0.3, 0.4) is 0 Å². The van der Waals surface area contributed by atoms with Crippen molar-refractivity contribution < 1.29 is 22.0 Å². The molecular weight excluding hydrogens is 357 g/mol. The van der Waals surface area contributed by atoms with Gasteiger partial charge in [-0.1, -0.05) is 6.07 Å². The summed E-state index contributed by atoms with van der Waals surface area (Å²) in [6, 6.07) is 6.69. The minimum absolute atomic E-state index is 0.0492. The van der Waals surface area contributed by atoms with Crippen LogP contribution >= 0.6 is 15.9 Å². The standard InChI is InChI=1S/C14H9BrF5N/c15-11-6-9(16)2-4-13(11)21-7-8-1-3-12(17)10(5-8)14(18,19)20/h1-6,21H,7H2. The Hall–Kier alpha value is -1.63. The molecule has 0 unspecified atom stereocenters. The van der Waals surface area contributed by atoms with Gasteiger partial charge in [-0.2, -0.15) is 13.2 Å². The lowest BCUT2D eigenvalue weighted by atomic mass is 10.1. The van der Waals surface area contributed by atoms with E-state index in [9.17, 15) is 22.0 Å². The molecule has 0 heterocycles. The molecule has 2 aromatic carbocycles. The molecule has 0 spiro atoms. The van der Waals surface area contributed by atoms with Crippen LogP contribution < -0.4 is 5.32 Å². The van der Waals surface area contributed by atoms with E-state index in [1.165, 1.54) is 24.3 Å². The molecule has 2 aromatic rings. The van der Waals surface area contributed by atoms with Crippen LogP contribution in [0.15, 0.2) is 40.9 Å². The quantitative estimate of drug-likeness (QED) is 0.722. The van der Waals surface area contributed by atoms with Crippen LogP contribution in [-0.4, -0.2) is 0 Å². The van der Waals surface area contributed by atoms with Crippen molar-refractivity contribution in [2.24, 2.45) is 0 Å². The second-order valence-electron chi connectivity index (χ2n) is 4.29. The van der Waals surface area contributed by atoms with Crippen molar-refractivity contribution in [3.63, 3.8) is 0 Å². The molecule has 0 saturated carbocycles. The average molecular weight is 366 g/mol. The molecule has 0 atom stereocenters.